The van der Waals surface area contributed by atoms with Crippen molar-refractivity contribution in [2.24, 2.45) is 0 Å². The first-order chi connectivity index (χ1) is 10.5. The fourth-order valence-electron chi connectivity index (χ4n) is 2.11. The number of nitrogens with one attached hydrogen (secondary N) is 1. The molecule has 0 fully saturated rings. The van der Waals surface area contributed by atoms with Crippen molar-refractivity contribution in [1.29, 1.82) is 0 Å². The minimum atomic E-state index is -0.372. The van der Waals surface area contributed by atoms with E-state index >= 15 is 0 Å². The first kappa shape index (κ1) is 14.1. The lowest BCUT2D eigenvalue weighted by Crippen LogP contribution is -2.11. The second-order valence-electron chi connectivity index (χ2n) is 5.06. The Kier molecular flexibility index (Phi) is 3.55. The van der Waals surface area contributed by atoms with Gasteiger partial charge >= 0.3 is 0 Å². The average Bonchev–Trinajstić information content (AvgIpc) is 2.49. The minimum absolute atomic E-state index is 0.295. The number of hydrogen-bond acceptors (Lipinski definition) is 3. The third-order valence-electron chi connectivity index (χ3n) is 3.44. The summed E-state index contributed by atoms with van der Waals surface area (Å²) in [6, 6.07) is 10.8. The number of hydrogen-bond donors (Lipinski definition) is 1. The molecular weight excluding hydrogens is 281 g/mol. The number of benzene rings is 2. The fourth-order valence-corrected chi connectivity index (χ4v) is 2.11. The molecule has 1 heterocycles. The SMILES string of the molecule is Cc1nc2ccc(NC(=O)c3ccc(F)cc3)cc2nc1C. The highest BCUT2D eigenvalue weighted by molar-refractivity contribution is 6.04. The third-order valence-corrected chi connectivity index (χ3v) is 3.44. The highest BCUT2D eigenvalue weighted by Gasteiger charge is 2.08. The summed E-state index contributed by atoms with van der Waals surface area (Å²) in [6.45, 7) is 3.80. The first-order valence-corrected chi connectivity index (χ1v) is 6.85. The molecule has 0 aliphatic rings. The number of aromatic nitrogens is 2. The molecule has 1 aromatic heterocycles. The standard InChI is InChI=1S/C17H14FN3O/c1-10-11(2)20-16-9-14(7-8-15(16)19-10)21-17(22)12-3-5-13(18)6-4-12/h3-9H,1-2H3,(H,21,22). The molecule has 4 nitrogen and oxygen atoms in total. The molecule has 1 amide bonds. The van der Waals surface area contributed by atoms with Gasteiger partial charge in [-0.05, 0) is 56.3 Å². The van der Waals surface area contributed by atoms with E-state index in [0.717, 1.165) is 22.4 Å². The van der Waals surface area contributed by atoms with Crippen LogP contribution in [0.1, 0.15) is 21.7 Å². The van der Waals surface area contributed by atoms with Crippen LogP contribution in [-0.4, -0.2) is 15.9 Å². The first-order valence-electron chi connectivity index (χ1n) is 6.85. The van der Waals surface area contributed by atoms with E-state index in [1.807, 2.05) is 19.9 Å². The van der Waals surface area contributed by atoms with Crippen molar-refractivity contribution in [2.45, 2.75) is 13.8 Å². The van der Waals surface area contributed by atoms with Gasteiger partial charge in [0.05, 0.1) is 22.4 Å². The molecule has 0 saturated carbocycles. The molecular formula is C17H14FN3O. The molecule has 0 aliphatic carbocycles. The smallest absolute Gasteiger partial charge is 0.255 e. The predicted octanol–water partition coefficient (Wildman–Crippen LogP) is 3.64. The minimum Gasteiger partial charge on any atom is -0.322 e. The van der Waals surface area contributed by atoms with Crippen molar-refractivity contribution in [1.82, 2.24) is 9.97 Å². The number of fused-ring (bicyclic) bond motifs is 1. The van der Waals surface area contributed by atoms with Gasteiger partial charge in [0, 0.05) is 11.3 Å². The molecule has 5 heteroatoms. The normalized spacial score (nSPS) is 10.7. The summed E-state index contributed by atoms with van der Waals surface area (Å²) >= 11 is 0. The van der Waals surface area contributed by atoms with Gasteiger partial charge in [0.1, 0.15) is 5.82 Å². The van der Waals surface area contributed by atoms with Crippen molar-refractivity contribution < 1.29 is 9.18 Å². The molecule has 0 unspecified atom stereocenters. The largest absolute Gasteiger partial charge is 0.322 e. The predicted molar refractivity (Wildman–Crippen MR) is 83.4 cm³/mol. The van der Waals surface area contributed by atoms with Crippen LogP contribution in [0.25, 0.3) is 11.0 Å². The number of rotatable bonds is 2. The van der Waals surface area contributed by atoms with E-state index in [1.165, 1.54) is 24.3 Å². The van der Waals surface area contributed by atoms with E-state index < -0.39 is 0 Å². The van der Waals surface area contributed by atoms with Crippen LogP contribution in [0.15, 0.2) is 42.5 Å². The lowest BCUT2D eigenvalue weighted by molar-refractivity contribution is 0.102. The quantitative estimate of drug-likeness (QED) is 0.785. The van der Waals surface area contributed by atoms with Crippen LogP contribution in [0.5, 0.6) is 0 Å². The summed E-state index contributed by atoms with van der Waals surface area (Å²) in [5.74, 6) is -0.667. The summed E-state index contributed by atoms with van der Waals surface area (Å²) in [5.41, 5.74) is 4.26. The molecule has 0 radical (unpaired) electrons. The summed E-state index contributed by atoms with van der Waals surface area (Å²) < 4.78 is 12.9. The van der Waals surface area contributed by atoms with Gasteiger partial charge in [-0.25, -0.2) is 14.4 Å². The van der Waals surface area contributed by atoms with Crippen LogP contribution < -0.4 is 5.32 Å². The Labute approximate surface area is 127 Å². The van der Waals surface area contributed by atoms with Gasteiger partial charge in [0.15, 0.2) is 0 Å². The lowest BCUT2D eigenvalue weighted by Gasteiger charge is -2.07. The molecule has 0 aliphatic heterocycles. The summed E-state index contributed by atoms with van der Waals surface area (Å²) in [4.78, 5) is 21.0. The van der Waals surface area contributed by atoms with Crippen LogP contribution in [0, 0.1) is 19.7 Å². The Hall–Kier alpha value is -2.82. The van der Waals surface area contributed by atoms with E-state index in [4.69, 9.17) is 0 Å². The van der Waals surface area contributed by atoms with E-state index in [2.05, 4.69) is 15.3 Å². The van der Waals surface area contributed by atoms with Crippen molar-refractivity contribution in [3.8, 4) is 0 Å². The van der Waals surface area contributed by atoms with E-state index in [9.17, 15) is 9.18 Å². The molecule has 3 aromatic rings. The van der Waals surface area contributed by atoms with E-state index in [0.29, 0.717) is 11.3 Å². The lowest BCUT2D eigenvalue weighted by atomic mass is 10.2. The second-order valence-corrected chi connectivity index (χ2v) is 5.06. The number of amides is 1. The Morgan fingerprint density at radius 2 is 1.59 bits per heavy atom. The molecule has 1 N–H and O–H groups in total. The number of anilines is 1. The van der Waals surface area contributed by atoms with Gasteiger partial charge in [-0.2, -0.15) is 0 Å². The number of halogens is 1. The maximum atomic E-state index is 12.9. The monoisotopic (exact) mass is 295 g/mol. The Morgan fingerprint density at radius 1 is 0.955 bits per heavy atom. The van der Waals surface area contributed by atoms with Crippen LogP contribution in [0.2, 0.25) is 0 Å². The van der Waals surface area contributed by atoms with Gasteiger partial charge in [-0.1, -0.05) is 0 Å². The van der Waals surface area contributed by atoms with Crippen LogP contribution >= 0.6 is 0 Å². The van der Waals surface area contributed by atoms with Gasteiger partial charge < -0.3 is 5.32 Å². The van der Waals surface area contributed by atoms with Gasteiger partial charge in [0.2, 0.25) is 0 Å². The van der Waals surface area contributed by atoms with Crippen molar-refractivity contribution >= 4 is 22.6 Å². The molecule has 0 spiro atoms. The van der Waals surface area contributed by atoms with Crippen molar-refractivity contribution in [3.63, 3.8) is 0 Å². The molecule has 22 heavy (non-hydrogen) atoms. The Balaban J connectivity index is 1.89. The number of carbonyl (C=O) groups is 1. The number of aryl methyl sites for hydroxylation is 2. The Morgan fingerprint density at radius 3 is 2.27 bits per heavy atom. The fraction of sp³-hybridized carbons (Fsp3) is 0.118. The van der Waals surface area contributed by atoms with Crippen molar-refractivity contribution in [3.05, 3.63) is 65.2 Å². The van der Waals surface area contributed by atoms with Gasteiger partial charge in [-0.3, -0.25) is 4.79 Å². The topological polar surface area (TPSA) is 54.9 Å². The molecule has 110 valence electrons. The maximum Gasteiger partial charge on any atom is 0.255 e. The van der Waals surface area contributed by atoms with Crippen molar-refractivity contribution in [2.75, 3.05) is 5.32 Å². The highest BCUT2D eigenvalue weighted by Crippen LogP contribution is 2.18. The van der Waals surface area contributed by atoms with Gasteiger partial charge in [-0.15, -0.1) is 0 Å². The summed E-state index contributed by atoms with van der Waals surface area (Å²) in [7, 11) is 0. The van der Waals surface area contributed by atoms with E-state index in [-0.39, 0.29) is 11.7 Å². The number of carbonyl (C=O) groups excluding carboxylic acids is 1. The molecule has 0 atom stereocenters. The van der Waals surface area contributed by atoms with Gasteiger partial charge in [0.25, 0.3) is 5.91 Å². The highest BCUT2D eigenvalue weighted by atomic mass is 19.1. The third kappa shape index (κ3) is 2.79. The zero-order valence-corrected chi connectivity index (χ0v) is 12.2. The van der Waals surface area contributed by atoms with E-state index in [1.54, 1.807) is 12.1 Å². The molecule has 0 saturated heterocycles. The summed E-state index contributed by atoms with van der Waals surface area (Å²) in [6.07, 6.45) is 0. The van der Waals surface area contributed by atoms with Crippen LogP contribution in [-0.2, 0) is 0 Å². The zero-order chi connectivity index (χ0) is 15.7. The Bertz CT molecular complexity index is 860. The molecule has 0 bridgehead atoms. The zero-order valence-electron chi connectivity index (χ0n) is 12.2. The summed E-state index contributed by atoms with van der Waals surface area (Å²) in [5, 5.41) is 2.77. The van der Waals surface area contributed by atoms with Crippen LogP contribution in [0.3, 0.4) is 0 Å². The molecule has 2 aromatic carbocycles. The van der Waals surface area contributed by atoms with Crippen LogP contribution in [0.4, 0.5) is 10.1 Å². The molecule has 3 rings (SSSR count). The maximum absolute atomic E-state index is 12.9. The number of nitrogens with zero attached hydrogens (tertiary/aromatic N) is 2. The average molecular weight is 295 g/mol. The second kappa shape index (κ2) is 5.52.